The molecule has 0 radical (unpaired) electrons. The first kappa shape index (κ1) is 10.8. The highest BCUT2D eigenvalue weighted by atomic mass is 16.1. The van der Waals surface area contributed by atoms with E-state index in [1.165, 1.54) is 0 Å². The number of nitrogen functional groups attached to an aromatic ring is 1. The van der Waals surface area contributed by atoms with Crippen molar-refractivity contribution in [3.63, 3.8) is 0 Å². The van der Waals surface area contributed by atoms with Crippen molar-refractivity contribution in [2.24, 2.45) is 5.92 Å². The van der Waals surface area contributed by atoms with Crippen molar-refractivity contribution in [2.75, 3.05) is 5.73 Å². The van der Waals surface area contributed by atoms with Crippen LogP contribution in [0, 0.1) is 12.8 Å². The van der Waals surface area contributed by atoms with E-state index in [-0.39, 0.29) is 5.56 Å². The van der Waals surface area contributed by atoms with Gasteiger partial charge in [-0.15, -0.1) is 0 Å². The minimum Gasteiger partial charge on any atom is -0.394 e. The normalized spacial score (nSPS) is 10.9. The Balaban J connectivity index is 2.95. The summed E-state index contributed by atoms with van der Waals surface area (Å²) in [5.41, 5.74) is 6.81. The van der Waals surface area contributed by atoms with Crippen LogP contribution in [-0.4, -0.2) is 4.57 Å². The first-order chi connectivity index (χ1) is 6.52. The van der Waals surface area contributed by atoms with Crippen LogP contribution < -0.4 is 11.3 Å². The van der Waals surface area contributed by atoms with Crippen molar-refractivity contribution in [3.05, 3.63) is 28.2 Å². The van der Waals surface area contributed by atoms with E-state index in [4.69, 9.17) is 5.73 Å². The van der Waals surface area contributed by atoms with Crippen LogP contribution in [0.15, 0.2) is 16.9 Å². The molecule has 0 aliphatic heterocycles. The minimum atomic E-state index is -0.0642. The molecule has 0 aliphatic carbocycles. The highest BCUT2D eigenvalue weighted by Crippen LogP contribution is 2.05. The van der Waals surface area contributed by atoms with Gasteiger partial charge in [-0.1, -0.05) is 13.8 Å². The molecular weight excluding hydrogens is 176 g/mol. The molecule has 0 saturated heterocycles. The first-order valence-electron chi connectivity index (χ1n) is 4.98. The van der Waals surface area contributed by atoms with Gasteiger partial charge >= 0.3 is 0 Å². The quantitative estimate of drug-likeness (QED) is 0.797. The molecule has 0 spiro atoms. The summed E-state index contributed by atoms with van der Waals surface area (Å²) in [4.78, 5) is 11.6. The minimum absolute atomic E-state index is 0.0642. The zero-order chi connectivity index (χ0) is 10.7. The zero-order valence-electron chi connectivity index (χ0n) is 9.08. The first-order valence-corrected chi connectivity index (χ1v) is 4.98. The van der Waals surface area contributed by atoms with Crippen LogP contribution in [0.25, 0.3) is 0 Å². The summed E-state index contributed by atoms with van der Waals surface area (Å²) in [5, 5.41) is 0. The summed E-state index contributed by atoms with van der Waals surface area (Å²) in [7, 11) is 0. The molecule has 1 rings (SSSR count). The molecule has 0 fully saturated rings. The Kier molecular flexibility index (Phi) is 3.33. The number of nitrogens with zero attached hydrogens (tertiary/aromatic N) is 1. The molecule has 1 heterocycles. The summed E-state index contributed by atoms with van der Waals surface area (Å²) in [5.74, 6) is 0.600. The lowest BCUT2D eigenvalue weighted by Gasteiger charge is -2.11. The van der Waals surface area contributed by atoms with E-state index < -0.39 is 0 Å². The number of anilines is 1. The summed E-state index contributed by atoms with van der Waals surface area (Å²) in [6, 6.07) is 3.56. The van der Waals surface area contributed by atoms with Gasteiger partial charge in [0.05, 0.1) is 5.69 Å². The Hall–Kier alpha value is -1.25. The fraction of sp³-hybridized carbons (Fsp3) is 0.545. The lowest BCUT2D eigenvalue weighted by Crippen LogP contribution is -2.25. The van der Waals surface area contributed by atoms with Crippen LogP contribution in [0.1, 0.15) is 26.0 Å². The van der Waals surface area contributed by atoms with Crippen molar-refractivity contribution >= 4 is 5.69 Å². The van der Waals surface area contributed by atoms with Gasteiger partial charge in [-0.05, 0) is 31.4 Å². The third-order valence-electron chi connectivity index (χ3n) is 2.35. The van der Waals surface area contributed by atoms with Gasteiger partial charge in [0.15, 0.2) is 0 Å². The highest BCUT2D eigenvalue weighted by molar-refractivity contribution is 5.35. The van der Waals surface area contributed by atoms with Crippen molar-refractivity contribution in [1.82, 2.24) is 4.57 Å². The van der Waals surface area contributed by atoms with Gasteiger partial charge in [0.2, 0.25) is 0 Å². The largest absolute Gasteiger partial charge is 0.394 e. The Morgan fingerprint density at radius 3 is 2.64 bits per heavy atom. The maximum absolute atomic E-state index is 11.6. The van der Waals surface area contributed by atoms with Gasteiger partial charge in [-0.25, -0.2) is 0 Å². The van der Waals surface area contributed by atoms with E-state index in [9.17, 15) is 4.79 Å². The number of aromatic nitrogens is 1. The SMILES string of the molecule is Cc1ccc(N)c(=O)n1CCC(C)C. The number of hydrogen-bond acceptors (Lipinski definition) is 2. The molecule has 0 amide bonds. The van der Waals surface area contributed by atoms with Crippen molar-refractivity contribution in [3.8, 4) is 0 Å². The Morgan fingerprint density at radius 1 is 1.43 bits per heavy atom. The molecule has 14 heavy (non-hydrogen) atoms. The second kappa shape index (κ2) is 4.31. The molecule has 0 aromatic carbocycles. The predicted molar refractivity (Wildman–Crippen MR) is 59.3 cm³/mol. The van der Waals surface area contributed by atoms with Gasteiger partial charge < -0.3 is 10.3 Å². The van der Waals surface area contributed by atoms with Crippen molar-refractivity contribution in [2.45, 2.75) is 33.7 Å². The summed E-state index contributed by atoms with van der Waals surface area (Å²) >= 11 is 0. The lowest BCUT2D eigenvalue weighted by atomic mass is 10.1. The Morgan fingerprint density at radius 2 is 2.07 bits per heavy atom. The molecule has 1 aromatic heterocycles. The fourth-order valence-electron chi connectivity index (χ4n) is 1.35. The number of pyridine rings is 1. The van der Waals surface area contributed by atoms with Gasteiger partial charge in [-0.2, -0.15) is 0 Å². The van der Waals surface area contributed by atoms with Gasteiger partial charge in [0.25, 0.3) is 5.56 Å². The molecular formula is C11H18N2O. The average molecular weight is 194 g/mol. The van der Waals surface area contributed by atoms with E-state index >= 15 is 0 Å². The van der Waals surface area contributed by atoms with Crippen molar-refractivity contribution in [1.29, 1.82) is 0 Å². The van der Waals surface area contributed by atoms with Crippen LogP contribution in [0.5, 0.6) is 0 Å². The summed E-state index contributed by atoms with van der Waals surface area (Å²) in [6.07, 6.45) is 1.00. The van der Waals surface area contributed by atoms with Crippen LogP contribution in [-0.2, 0) is 6.54 Å². The van der Waals surface area contributed by atoms with Crippen LogP contribution in [0.2, 0.25) is 0 Å². The van der Waals surface area contributed by atoms with E-state index in [2.05, 4.69) is 13.8 Å². The number of hydrogen-bond donors (Lipinski definition) is 1. The van der Waals surface area contributed by atoms with Crippen LogP contribution in [0.4, 0.5) is 5.69 Å². The Bertz CT molecular complexity index is 366. The van der Waals surface area contributed by atoms with Gasteiger partial charge in [0.1, 0.15) is 0 Å². The molecule has 2 N–H and O–H groups in total. The lowest BCUT2D eigenvalue weighted by molar-refractivity contribution is 0.502. The third kappa shape index (κ3) is 2.37. The van der Waals surface area contributed by atoms with Crippen LogP contribution in [0.3, 0.4) is 0 Å². The smallest absolute Gasteiger partial charge is 0.273 e. The summed E-state index contributed by atoms with van der Waals surface area (Å²) in [6.45, 7) is 6.98. The van der Waals surface area contributed by atoms with E-state index in [0.29, 0.717) is 11.6 Å². The van der Waals surface area contributed by atoms with Gasteiger partial charge in [0, 0.05) is 12.2 Å². The monoisotopic (exact) mass is 194 g/mol. The molecule has 3 heteroatoms. The molecule has 0 saturated carbocycles. The molecule has 3 nitrogen and oxygen atoms in total. The van der Waals surface area contributed by atoms with Crippen LogP contribution >= 0.6 is 0 Å². The second-order valence-corrected chi connectivity index (χ2v) is 4.07. The van der Waals surface area contributed by atoms with Gasteiger partial charge in [-0.3, -0.25) is 4.79 Å². The number of nitrogens with two attached hydrogens (primary N) is 1. The fourth-order valence-corrected chi connectivity index (χ4v) is 1.35. The topological polar surface area (TPSA) is 48.0 Å². The third-order valence-corrected chi connectivity index (χ3v) is 2.35. The standard InChI is InChI=1S/C11H18N2O/c1-8(2)6-7-13-9(3)4-5-10(12)11(13)14/h4-5,8H,6-7,12H2,1-3H3. The molecule has 0 unspecified atom stereocenters. The molecule has 1 aromatic rings. The van der Waals surface area contributed by atoms with E-state index in [1.54, 1.807) is 10.6 Å². The van der Waals surface area contributed by atoms with E-state index in [1.807, 2.05) is 13.0 Å². The average Bonchev–Trinajstić information content (AvgIpc) is 2.11. The second-order valence-electron chi connectivity index (χ2n) is 4.07. The highest BCUT2D eigenvalue weighted by Gasteiger charge is 2.03. The molecule has 0 aliphatic rings. The maximum Gasteiger partial charge on any atom is 0.273 e. The number of rotatable bonds is 3. The molecule has 0 atom stereocenters. The maximum atomic E-state index is 11.6. The summed E-state index contributed by atoms with van der Waals surface area (Å²) < 4.78 is 1.75. The molecule has 78 valence electrons. The Labute approximate surface area is 84.6 Å². The van der Waals surface area contributed by atoms with Crippen molar-refractivity contribution < 1.29 is 0 Å². The number of aryl methyl sites for hydroxylation is 1. The molecule has 0 bridgehead atoms. The predicted octanol–water partition coefficient (Wildman–Crippen LogP) is 1.79. The zero-order valence-corrected chi connectivity index (χ0v) is 9.08. The van der Waals surface area contributed by atoms with E-state index in [0.717, 1.165) is 18.7 Å².